The molecule has 1 aliphatic heterocycles. The summed E-state index contributed by atoms with van der Waals surface area (Å²) in [5, 5.41) is 5.36. The van der Waals surface area contributed by atoms with Crippen LogP contribution in [0.4, 0.5) is 10.5 Å². The molecule has 0 radical (unpaired) electrons. The van der Waals surface area contributed by atoms with Crippen molar-refractivity contribution in [2.45, 2.75) is 13.1 Å². The number of primary amides is 1. The van der Waals surface area contributed by atoms with Crippen molar-refractivity contribution in [1.82, 2.24) is 9.47 Å². The normalized spacial score (nSPS) is 13.1. The van der Waals surface area contributed by atoms with Crippen LogP contribution >= 0.6 is 11.6 Å². The first-order valence-electron chi connectivity index (χ1n) is 10.3. The number of nitrogens with one attached hydrogen (secondary N) is 1. The molecule has 1 aromatic heterocycles. The molecule has 2 heterocycles. The summed E-state index contributed by atoms with van der Waals surface area (Å²) >= 11 is 6.63. The molecule has 1 aliphatic rings. The van der Waals surface area contributed by atoms with E-state index in [0.717, 1.165) is 27.7 Å². The van der Waals surface area contributed by atoms with E-state index in [-0.39, 0.29) is 18.1 Å². The second-order valence-electron chi connectivity index (χ2n) is 7.74. The van der Waals surface area contributed by atoms with E-state index < -0.39 is 5.91 Å². The average Bonchev–Trinajstić information content (AvgIpc) is 3.11. The summed E-state index contributed by atoms with van der Waals surface area (Å²) in [7, 11) is 0. The summed E-state index contributed by atoms with van der Waals surface area (Å²) in [5.41, 5.74) is 9.01. The van der Waals surface area contributed by atoms with Crippen LogP contribution in [0.1, 0.15) is 16.1 Å². The van der Waals surface area contributed by atoms with Gasteiger partial charge in [-0.3, -0.25) is 4.79 Å². The van der Waals surface area contributed by atoms with Gasteiger partial charge in [-0.15, -0.1) is 0 Å². The van der Waals surface area contributed by atoms with Gasteiger partial charge in [0, 0.05) is 18.5 Å². The molecule has 0 fully saturated rings. The van der Waals surface area contributed by atoms with E-state index in [1.54, 1.807) is 4.90 Å². The van der Waals surface area contributed by atoms with E-state index >= 15 is 0 Å². The zero-order chi connectivity index (χ0) is 22.2. The van der Waals surface area contributed by atoms with E-state index in [0.29, 0.717) is 23.8 Å². The quantitative estimate of drug-likeness (QED) is 0.460. The van der Waals surface area contributed by atoms with Crippen LogP contribution in [0.3, 0.4) is 0 Å². The van der Waals surface area contributed by atoms with Crippen molar-refractivity contribution >= 4 is 40.0 Å². The maximum atomic E-state index is 13.1. The summed E-state index contributed by atoms with van der Waals surface area (Å²) in [6, 6.07) is 23.1. The van der Waals surface area contributed by atoms with Crippen LogP contribution in [0.2, 0.25) is 5.02 Å². The van der Waals surface area contributed by atoms with Crippen molar-refractivity contribution in [2.24, 2.45) is 5.73 Å². The van der Waals surface area contributed by atoms with Gasteiger partial charge >= 0.3 is 6.03 Å². The van der Waals surface area contributed by atoms with E-state index in [4.69, 9.17) is 17.3 Å². The fourth-order valence-electron chi connectivity index (χ4n) is 4.36. The lowest BCUT2D eigenvalue weighted by Crippen LogP contribution is -2.41. The number of carbonyl (C=O) groups is 2. The Morgan fingerprint density at radius 3 is 2.41 bits per heavy atom. The fourth-order valence-corrected chi connectivity index (χ4v) is 4.77. The molecule has 0 aliphatic carbocycles. The zero-order valence-electron chi connectivity index (χ0n) is 17.2. The number of nitrogens with two attached hydrogens (primary N) is 1. The van der Waals surface area contributed by atoms with Gasteiger partial charge in [-0.2, -0.15) is 0 Å². The minimum Gasteiger partial charge on any atom is -0.365 e. The largest absolute Gasteiger partial charge is 0.365 e. The van der Waals surface area contributed by atoms with Crippen LogP contribution < -0.4 is 11.1 Å². The Kier molecular flexibility index (Phi) is 5.07. The Morgan fingerprint density at radius 2 is 1.62 bits per heavy atom. The van der Waals surface area contributed by atoms with Crippen molar-refractivity contribution in [3.05, 3.63) is 89.1 Å². The number of benzene rings is 3. The lowest BCUT2D eigenvalue weighted by Gasteiger charge is -2.30. The molecule has 0 bridgehead atoms. The molecule has 0 unspecified atom stereocenters. The molecule has 0 atom stereocenters. The van der Waals surface area contributed by atoms with Gasteiger partial charge in [0.1, 0.15) is 0 Å². The Morgan fingerprint density at radius 1 is 0.906 bits per heavy atom. The second kappa shape index (κ2) is 8.05. The SMILES string of the molecule is NC(=O)c1c(Cl)c(-c2ccccc2)n2c1CN(C(=O)Nc1cccc3ccccc13)CC2. The maximum absolute atomic E-state index is 13.1. The second-order valence-corrected chi connectivity index (χ2v) is 8.12. The molecule has 160 valence electrons. The molecule has 6 nitrogen and oxygen atoms in total. The summed E-state index contributed by atoms with van der Waals surface area (Å²) in [6.07, 6.45) is 0. The zero-order valence-corrected chi connectivity index (χ0v) is 18.0. The third-order valence-corrected chi connectivity index (χ3v) is 6.23. The van der Waals surface area contributed by atoms with Crippen LogP contribution in [-0.2, 0) is 13.1 Å². The molecule has 4 aromatic rings. The highest BCUT2D eigenvalue weighted by molar-refractivity contribution is 6.36. The molecule has 3 N–H and O–H groups in total. The van der Waals surface area contributed by atoms with E-state index in [1.807, 2.05) is 77.4 Å². The minimum absolute atomic E-state index is 0.235. The number of halogens is 1. The molecular formula is C25H21ClN4O2. The first kappa shape index (κ1) is 20.2. The van der Waals surface area contributed by atoms with Crippen LogP contribution in [0.25, 0.3) is 22.0 Å². The van der Waals surface area contributed by atoms with Gasteiger partial charge in [0.25, 0.3) is 5.91 Å². The number of urea groups is 1. The van der Waals surface area contributed by atoms with Crippen molar-refractivity contribution in [1.29, 1.82) is 0 Å². The number of hydrogen-bond donors (Lipinski definition) is 2. The highest BCUT2D eigenvalue weighted by atomic mass is 35.5. The highest BCUT2D eigenvalue weighted by Crippen LogP contribution is 2.38. The summed E-state index contributed by atoms with van der Waals surface area (Å²) in [5.74, 6) is -0.600. The van der Waals surface area contributed by atoms with E-state index in [2.05, 4.69) is 5.32 Å². The number of hydrogen-bond acceptors (Lipinski definition) is 2. The van der Waals surface area contributed by atoms with Crippen LogP contribution in [0, 0.1) is 0 Å². The van der Waals surface area contributed by atoms with Crippen molar-refractivity contribution in [3.63, 3.8) is 0 Å². The molecule has 7 heteroatoms. The molecular weight excluding hydrogens is 424 g/mol. The monoisotopic (exact) mass is 444 g/mol. The third-order valence-electron chi connectivity index (χ3n) is 5.86. The van der Waals surface area contributed by atoms with E-state index in [9.17, 15) is 9.59 Å². The molecule has 0 spiro atoms. The van der Waals surface area contributed by atoms with Crippen molar-refractivity contribution in [2.75, 3.05) is 11.9 Å². The lowest BCUT2D eigenvalue weighted by molar-refractivity contribution is 0.0997. The number of aromatic nitrogens is 1. The summed E-state index contributed by atoms with van der Waals surface area (Å²) < 4.78 is 2.00. The molecule has 3 amide bonds. The summed E-state index contributed by atoms with van der Waals surface area (Å²) in [6.45, 7) is 1.23. The Labute approximate surface area is 190 Å². The van der Waals surface area contributed by atoms with Gasteiger partial charge in [0.05, 0.1) is 34.2 Å². The lowest BCUT2D eigenvalue weighted by atomic mass is 10.1. The van der Waals surface area contributed by atoms with Gasteiger partial charge in [-0.05, 0) is 17.0 Å². The van der Waals surface area contributed by atoms with Gasteiger partial charge in [-0.25, -0.2) is 4.79 Å². The molecule has 32 heavy (non-hydrogen) atoms. The number of anilines is 1. The van der Waals surface area contributed by atoms with Gasteiger partial charge in [0.15, 0.2) is 0 Å². The summed E-state index contributed by atoms with van der Waals surface area (Å²) in [4.78, 5) is 27.1. The Hall–Kier alpha value is -3.77. The number of carbonyl (C=O) groups excluding carboxylic acids is 2. The first-order valence-corrected chi connectivity index (χ1v) is 10.7. The van der Waals surface area contributed by atoms with Crippen LogP contribution in [-0.4, -0.2) is 28.0 Å². The van der Waals surface area contributed by atoms with Crippen molar-refractivity contribution < 1.29 is 9.59 Å². The van der Waals surface area contributed by atoms with Crippen LogP contribution in [0.5, 0.6) is 0 Å². The van der Waals surface area contributed by atoms with Gasteiger partial charge in [-0.1, -0.05) is 78.3 Å². The molecule has 3 aromatic carbocycles. The predicted octanol–water partition coefficient (Wildman–Crippen LogP) is 5.11. The first-order chi connectivity index (χ1) is 15.5. The smallest absolute Gasteiger partial charge is 0.322 e. The Balaban J connectivity index is 1.48. The average molecular weight is 445 g/mol. The number of amides is 3. The topological polar surface area (TPSA) is 80.4 Å². The van der Waals surface area contributed by atoms with Crippen molar-refractivity contribution in [3.8, 4) is 11.3 Å². The van der Waals surface area contributed by atoms with E-state index in [1.165, 1.54) is 0 Å². The number of rotatable bonds is 3. The Bertz CT molecular complexity index is 1340. The molecule has 0 saturated carbocycles. The maximum Gasteiger partial charge on any atom is 0.322 e. The highest BCUT2D eigenvalue weighted by Gasteiger charge is 2.31. The standard InChI is InChI=1S/C25H21ClN4O2/c26-22-21(24(27)31)20-15-29(13-14-30(20)23(22)17-8-2-1-3-9-17)25(32)28-19-12-6-10-16-7-4-5-11-18(16)19/h1-12H,13-15H2,(H2,27,31)(H,28,32). The fraction of sp³-hybridized carbons (Fsp3) is 0.120. The minimum atomic E-state index is -0.600. The number of fused-ring (bicyclic) bond motifs is 2. The number of nitrogens with zero attached hydrogens (tertiary/aromatic N) is 2. The molecule has 5 rings (SSSR count). The van der Waals surface area contributed by atoms with Gasteiger partial charge < -0.3 is 20.5 Å². The van der Waals surface area contributed by atoms with Gasteiger partial charge in [0.2, 0.25) is 0 Å². The molecule has 0 saturated heterocycles. The third kappa shape index (κ3) is 3.39. The predicted molar refractivity (Wildman–Crippen MR) is 127 cm³/mol. The van der Waals surface area contributed by atoms with Crippen LogP contribution in [0.15, 0.2) is 72.8 Å².